The molecule has 0 radical (unpaired) electrons. The lowest BCUT2D eigenvalue weighted by Gasteiger charge is -1.85. The van der Waals surface area contributed by atoms with E-state index in [0.29, 0.717) is 0 Å². The quantitative estimate of drug-likeness (QED) is 0.541. The molecule has 0 fully saturated rings. The molecule has 12 heavy (non-hydrogen) atoms. The van der Waals surface area contributed by atoms with E-state index in [2.05, 4.69) is 28.8 Å². The van der Waals surface area contributed by atoms with Crippen molar-refractivity contribution in [2.75, 3.05) is 0 Å². The maximum absolute atomic E-state index is 2.46. The zero-order valence-electron chi connectivity index (χ0n) is 6.79. The Labute approximate surface area is 75.3 Å². The smallest absolute Gasteiger partial charge is 0.186 e. The Morgan fingerprint density at radius 3 is 3.17 bits per heavy atom. The van der Waals surface area contributed by atoms with Crippen LogP contribution in [-0.4, -0.2) is 0 Å². The fraction of sp³-hybridized carbons (Fsp3) is 0.300. The van der Waals surface area contributed by atoms with Gasteiger partial charge in [0, 0.05) is 18.9 Å². The van der Waals surface area contributed by atoms with Crippen molar-refractivity contribution < 1.29 is 4.57 Å². The summed E-state index contributed by atoms with van der Waals surface area (Å²) >= 11 is 1.95. The van der Waals surface area contributed by atoms with E-state index in [4.69, 9.17) is 0 Å². The molecule has 1 nitrogen and oxygen atoms in total. The number of aromatic nitrogens is 1. The number of nitrogens with zero attached hydrogens (tertiary/aromatic N) is 1. The van der Waals surface area contributed by atoms with Crippen molar-refractivity contribution in [2.45, 2.75) is 19.4 Å². The van der Waals surface area contributed by atoms with Crippen molar-refractivity contribution in [3.8, 4) is 0 Å². The first-order valence-electron chi connectivity index (χ1n) is 4.35. The largest absolute Gasteiger partial charge is 0.238 e. The predicted octanol–water partition coefficient (Wildman–Crippen LogP) is 2.13. The number of aryl methyl sites for hydroxylation is 2. The van der Waals surface area contributed by atoms with E-state index in [-0.39, 0.29) is 0 Å². The summed E-state index contributed by atoms with van der Waals surface area (Å²) in [6.07, 6.45) is 2.61. The average molecular weight is 176 g/mol. The maximum atomic E-state index is 2.46. The van der Waals surface area contributed by atoms with Gasteiger partial charge in [0.15, 0.2) is 6.54 Å². The highest BCUT2D eigenvalue weighted by molar-refractivity contribution is 7.18. The maximum Gasteiger partial charge on any atom is 0.238 e. The molecule has 2 aromatic rings. The van der Waals surface area contributed by atoms with Crippen LogP contribution in [0.5, 0.6) is 0 Å². The number of hydrogen-bond donors (Lipinski definition) is 0. The normalized spacial score (nSPS) is 15.3. The lowest BCUT2D eigenvalue weighted by molar-refractivity contribution is -0.660. The van der Waals surface area contributed by atoms with Gasteiger partial charge < -0.3 is 0 Å². The highest BCUT2D eigenvalue weighted by Gasteiger charge is 2.24. The van der Waals surface area contributed by atoms with Gasteiger partial charge in [-0.2, -0.15) is 4.57 Å². The van der Waals surface area contributed by atoms with E-state index >= 15 is 0 Å². The van der Waals surface area contributed by atoms with Gasteiger partial charge >= 0.3 is 0 Å². The molecular weight excluding hydrogens is 166 g/mol. The Morgan fingerprint density at radius 1 is 1.25 bits per heavy atom. The Balaban J connectivity index is 2.44. The van der Waals surface area contributed by atoms with Gasteiger partial charge in [-0.25, -0.2) is 0 Å². The molecule has 0 spiro atoms. The minimum atomic E-state index is 1.22. The summed E-state index contributed by atoms with van der Waals surface area (Å²) in [7, 11) is 0. The highest BCUT2D eigenvalue weighted by atomic mass is 32.1. The van der Waals surface area contributed by atoms with Crippen molar-refractivity contribution >= 4 is 21.6 Å². The fourth-order valence-corrected chi connectivity index (χ4v) is 3.13. The van der Waals surface area contributed by atoms with Gasteiger partial charge in [0.1, 0.15) is 4.70 Å². The topological polar surface area (TPSA) is 3.88 Å². The number of hydrogen-bond acceptors (Lipinski definition) is 1. The summed E-state index contributed by atoms with van der Waals surface area (Å²) < 4.78 is 3.90. The zero-order chi connectivity index (χ0) is 7.97. The van der Waals surface area contributed by atoms with Crippen LogP contribution >= 0.6 is 11.3 Å². The molecule has 0 unspecified atom stereocenters. The molecule has 60 valence electrons. The van der Waals surface area contributed by atoms with Crippen LogP contribution in [0.25, 0.3) is 10.2 Å². The van der Waals surface area contributed by atoms with Crippen LogP contribution in [0.3, 0.4) is 0 Å². The molecule has 2 heterocycles. The SMILES string of the molecule is c1ccc2c(c1)sc1[n+]2CCC1. The number of benzene rings is 1. The molecule has 0 saturated carbocycles. The van der Waals surface area contributed by atoms with Gasteiger partial charge in [0.05, 0.1) is 0 Å². The van der Waals surface area contributed by atoms with Crippen molar-refractivity contribution in [1.29, 1.82) is 0 Å². The summed E-state index contributed by atoms with van der Waals surface area (Å²) in [5.41, 5.74) is 1.43. The van der Waals surface area contributed by atoms with Gasteiger partial charge in [-0.15, -0.1) is 0 Å². The molecule has 1 aliphatic heterocycles. The molecule has 1 aromatic carbocycles. The third-order valence-electron chi connectivity index (χ3n) is 2.46. The summed E-state index contributed by atoms with van der Waals surface area (Å²) in [6, 6.07) is 8.68. The van der Waals surface area contributed by atoms with E-state index < -0.39 is 0 Å². The first-order valence-corrected chi connectivity index (χ1v) is 5.17. The Hall–Kier alpha value is -0.890. The summed E-state index contributed by atoms with van der Waals surface area (Å²) in [5.74, 6) is 0. The minimum Gasteiger partial charge on any atom is -0.186 e. The molecular formula is C10H10NS+. The molecule has 1 aliphatic rings. The molecule has 0 bridgehead atoms. The second kappa shape index (κ2) is 2.30. The number of rotatable bonds is 0. The van der Waals surface area contributed by atoms with Gasteiger partial charge in [-0.1, -0.05) is 23.5 Å². The standard InChI is InChI=1S/C10H10NS/c1-2-5-9-8(4-1)11-7-3-6-10(11)12-9/h1-2,4-5H,3,6-7H2/q+1. The van der Waals surface area contributed by atoms with E-state index in [9.17, 15) is 0 Å². The summed E-state index contributed by atoms with van der Waals surface area (Å²) in [5, 5.41) is 1.55. The monoisotopic (exact) mass is 176 g/mol. The molecule has 3 rings (SSSR count). The molecule has 0 atom stereocenters. The molecule has 2 heteroatoms. The van der Waals surface area contributed by atoms with Crippen molar-refractivity contribution in [3.05, 3.63) is 29.3 Å². The van der Waals surface area contributed by atoms with Crippen molar-refractivity contribution in [2.24, 2.45) is 0 Å². The molecule has 0 saturated heterocycles. The van der Waals surface area contributed by atoms with Gasteiger partial charge in [0.25, 0.3) is 0 Å². The van der Waals surface area contributed by atoms with Crippen LogP contribution in [0.1, 0.15) is 11.4 Å². The van der Waals surface area contributed by atoms with E-state index in [0.717, 1.165) is 0 Å². The first kappa shape index (κ1) is 6.61. The highest BCUT2D eigenvalue weighted by Crippen LogP contribution is 2.23. The van der Waals surface area contributed by atoms with Crippen LogP contribution < -0.4 is 4.57 Å². The molecule has 0 N–H and O–H groups in total. The number of fused-ring (bicyclic) bond motifs is 3. The van der Waals surface area contributed by atoms with Crippen LogP contribution in [-0.2, 0) is 13.0 Å². The Kier molecular flexibility index (Phi) is 1.27. The van der Waals surface area contributed by atoms with Gasteiger partial charge in [0.2, 0.25) is 10.5 Å². The minimum absolute atomic E-state index is 1.22. The van der Waals surface area contributed by atoms with Crippen molar-refractivity contribution in [3.63, 3.8) is 0 Å². The van der Waals surface area contributed by atoms with E-state index in [1.165, 1.54) is 29.6 Å². The lowest BCUT2D eigenvalue weighted by atomic mass is 10.3. The Bertz CT molecular complexity index is 430. The van der Waals surface area contributed by atoms with Gasteiger partial charge in [-0.3, -0.25) is 0 Å². The first-order chi connectivity index (χ1) is 5.95. The van der Waals surface area contributed by atoms with Crippen LogP contribution in [0, 0.1) is 0 Å². The number of para-hydroxylation sites is 1. The second-order valence-electron chi connectivity index (χ2n) is 3.22. The Morgan fingerprint density at radius 2 is 2.17 bits per heavy atom. The molecule has 1 aromatic heterocycles. The zero-order valence-corrected chi connectivity index (χ0v) is 7.60. The fourth-order valence-electron chi connectivity index (χ4n) is 1.90. The number of thiazole rings is 1. The predicted molar refractivity (Wildman–Crippen MR) is 50.3 cm³/mol. The van der Waals surface area contributed by atoms with Crippen LogP contribution in [0.15, 0.2) is 24.3 Å². The third kappa shape index (κ3) is 0.758. The average Bonchev–Trinajstić information content (AvgIpc) is 2.62. The van der Waals surface area contributed by atoms with Gasteiger partial charge in [-0.05, 0) is 6.07 Å². The summed E-state index contributed by atoms with van der Waals surface area (Å²) in [4.78, 5) is 0. The van der Waals surface area contributed by atoms with Crippen LogP contribution in [0.2, 0.25) is 0 Å². The van der Waals surface area contributed by atoms with Crippen LogP contribution in [0.4, 0.5) is 0 Å². The molecule has 0 aliphatic carbocycles. The van der Waals surface area contributed by atoms with E-state index in [1.54, 1.807) is 5.01 Å². The van der Waals surface area contributed by atoms with E-state index in [1.807, 2.05) is 11.3 Å². The summed E-state index contributed by atoms with van der Waals surface area (Å²) in [6.45, 7) is 1.22. The third-order valence-corrected chi connectivity index (χ3v) is 3.68. The lowest BCUT2D eigenvalue weighted by Crippen LogP contribution is -2.30. The molecule has 0 amide bonds. The second-order valence-corrected chi connectivity index (χ2v) is 4.33. The van der Waals surface area contributed by atoms with Crippen molar-refractivity contribution in [1.82, 2.24) is 0 Å².